The lowest BCUT2D eigenvalue weighted by molar-refractivity contribution is 0.375. The van der Waals surface area contributed by atoms with Crippen LogP contribution in [-0.2, 0) is 12.8 Å². The van der Waals surface area contributed by atoms with Crippen LogP contribution in [0, 0.1) is 5.92 Å². The third-order valence-corrected chi connectivity index (χ3v) is 3.95. The van der Waals surface area contributed by atoms with E-state index in [2.05, 4.69) is 46.4 Å². The van der Waals surface area contributed by atoms with E-state index in [1.165, 1.54) is 42.4 Å². The van der Waals surface area contributed by atoms with Gasteiger partial charge in [-0.05, 0) is 68.0 Å². The normalized spacial score (nSPS) is 21.0. The summed E-state index contributed by atoms with van der Waals surface area (Å²) in [7, 11) is 0. The Morgan fingerprint density at radius 1 is 1.38 bits per heavy atom. The Balaban J connectivity index is 2.07. The van der Waals surface area contributed by atoms with Crippen molar-refractivity contribution in [2.45, 2.75) is 32.6 Å². The van der Waals surface area contributed by atoms with Gasteiger partial charge >= 0.3 is 0 Å². The number of halogens is 1. The van der Waals surface area contributed by atoms with E-state index in [1.807, 2.05) is 0 Å². The van der Waals surface area contributed by atoms with Crippen molar-refractivity contribution in [3.8, 4) is 0 Å². The van der Waals surface area contributed by atoms with Crippen LogP contribution in [0.5, 0.6) is 0 Å². The zero-order valence-corrected chi connectivity index (χ0v) is 11.5. The van der Waals surface area contributed by atoms with Crippen molar-refractivity contribution in [1.29, 1.82) is 0 Å². The van der Waals surface area contributed by atoms with Gasteiger partial charge in [-0.1, -0.05) is 28.9 Å². The van der Waals surface area contributed by atoms with Crippen molar-refractivity contribution in [2.75, 3.05) is 13.1 Å². The van der Waals surface area contributed by atoms with Gasteiger partial charge < -0.3 is 5.32 Å². The summed E-state index contributed by atoms with van der Waals surface area (Å²) in [5.74, 6) is 0.834. The molecule has 1 nitrogen and oxygen atoms in total. The van der Waals surface area contributed by atoms with Gasteiger partial charge in [0.2, 0.25) is 0 Å². The zero-order chi connectivity index (χ0) is 11.4. The molecular weight excluding hydrogens is 262 g/mol. The summed E-state index contributed by atoms with van der Waals surface area (Å²) in [5.41, 5.74) is 3.04. The summed E-state index contributed by atoms with van der Waals surface area (Å²) in [5, 5.41) is 3.49. The number of rotatable bonds is 3. The van der Waals surface area contributed by atoms with Gasteiger partial charge in [0.25, 0.3) is 0 Å². The third kappa shape index (κ3) is 3.08. The molecule has 1 aromatic rings. The largest absolute Gasteiger partial charge is 0.316 e. The highest BCUT2D eigenvalue weighted by Gasteiger charge is 2.14. The lowest BCUT2D eigenvalue weighted by Gasteiger charge is -2.23. The molecule has 0 amide bonds. The Morgan fingerprint density at radius 2 is 2.25 bits per heavy atom. The summed E-state index contributed by atoms with van der Waals surface area (Å²) in [6.45, 7) is 4.64. The Bertz CT molecular complexity index is 343. The van der Waals surface area contributed by atoms with Crippen molar-refractivity contribution >= 4 is 15.9 Å². The zero-order valence-electron chi connectivity index (χ0n) is 9.93. The molecule has 16 heavy (non-hydrogen) atoms. The Morgan fingerprint density at radius 3 is 2.94 bits per heavy atom. The van der Waals surface area contributed by atoms with Gasteiger partial charge in [-0.2, -0.15) is 0 Å². The molecule has 0 saturated carbocycles. The molecule has 0 bridgehead atoms. The first-order valence-electron chi connectivity index (χ1n) is 6.27. The van der Waals surface area contributed by atoms with Crippen LogP contribution in [0.15, 0.2) is 22.7 Å². The molecule has 1 N–H and O–H groups in total. The summed E-state index contributed by atoms with van der Waals surface area (Å²) in [6, 6.07) is 6.73. The van der Waals surface area contributed by atoms with Crippen LogP contribution in [0.4, 0.5) is 0 Å². The van der Waals surface area contributed by atoms with Crippen molar-refractivity contribution in [1.82, 2.24) is 5.32 Å². The van der Waals surface area contributed by atoms with Gasteiger partial charge in [0.15, 0.2) is 0 Å². The van der Waals surface area contributed by atoms with Crippen LogP contribution in [0.1, 0.15) is 30.9 Å². The molecule has 1 unspecified atom stereocenters. The number of piperidine rings is 1. The molecule has 1 fully saturated rings. The summed E-state index contributed by atoms with van der Waals surface area (Å²) in [4.78, 5) is 0. The van der Waals surface area contributed by atoms with Crippen LogP contribution >= 0.6 is 15.9 Å². The molecule has 1 atom stereocenters. The summed E-state index contributed by atoms with van der Waals surface area (Å²) in [6.07, 6.45) is 5.09. The smallest absolute Gasteiger partial charge is 0.0178 e. The summed E-state index contributed by atoms with van der Waals surface area (Å²) < 4.78 is 1.20. The number of hydrogen-bond donors (Lipinski definition) is 1. The molecule has 2 heteroatoms. The molecule has 1 saturated heterocycles. The average Bonchev–Trinajstić information content (AvgIpc) is 2.33. The highest BCUT2D eigenvalue weighted by molar-refractivity contribution is 9.10. The molecule has 0 aliphatic carbocycles. The quantitative estimate of drug-likeness (QED) is 0.894. The minimum absolute atomic E-state index is 0.834. The lowest BCUT2D eigenvalue weighted by Crippen LogP contribution is -2.31. The molecule has 0 spiro atoms. The molecule has 2 rings (SSSR count). The number of benzene rings is 1. The van der Waals surface area contributed by atoms with Gasteiger partial charge in [-0.3, -0.25) is 0 Å². The van der Waals surface area contributed by atoms with Gasteiger partial charge in [0.05, 0.1) is 0 Å². The maximum absolute atomic E-state index is 3.55. The van der Waals surface area contributed by atoms with Gasteiger partial charge in [0.1, 0.15) is 0 Å². The van der Waals surface area contributed by atoms with E-state index in [9.17, 15) is 0 Å². The van der Waals surface area contributed by atoms with E-state index in [4.69, 9.17) is 0 Å². The van der Waals surface area contributed by atoms with Gasteiger partial charge in [-0.25, -0.2) is 0 Å². The Hall–Kier alpha value is -0.340. The van der Waals surface area contributed by atoms with E-state index in [0.29, 0.717) is 0 Å². The van der Waals surface area contributed by atoms with E-state index in [1.54, 1.807) is 5.56 Å². The SMILES string of the molecule is CCc1cc(Br)ccc1CC1CCCNC1. The highest BCUT2D eigenvalue weighted by atomic mass is 79.9. The molecule has 1 aromatic carbocycles. The third-order valence-electron chi connectivity index (χ3n) is 3.46. The second kappa shape index (κ2) is 5.83. The maximum Gasteiger partial charge on any atom is 0.0178 e. The number of hydrogen-bond acceptors (Lipinski definition) is 1. The molecular formula is C14H20BrN. The first-order valence-corrected chi connectivity index (χ1v) is 7.07. The van der Waals surface area contributed by atoms with Crippen molar-refractivity contribution in [3.05, 3.63) is 33.8 Å². The molecule has 0 radical (unpaired) electrons. The van der Waals surface area contributed by atoms with E-state index >= 15 is 0 Å². The van der Waals surface area contributed by atoms with E-state index in [0.717, 1.165) is 12.3 Å². The fourth-order valence-corrected chi connectivity index (χ4v) is 2.94. The predicted molar refractivity (Wildman–Crippen MR) is 72.8 cm³/mol. The molecule has 1 aliphatic heterocycles. The van der Waals surface area contributed by atoms with Crippen LogP contribution in [0.25, 0.3) is 0 Å². The second-order valence-electron chi connectivity index (χ2n) is 4.68. The molecule has 1 aliphatic rings. The van der Waals surface area contributed by atoms with Crippen LogP contribution in [0.3, 0.4) is 0 Å². The first-order chi connectivity index (χ1) is 7.79. The topological polar surface area (TPSA) is 12.0 Å². The average molecular weight is 282 g/mol. The number of aryl methyl sites for hydroxylation is 1. The predicted octanol–water partition coefficient (Wildman–Crippen LogP) is 3.55. The first kappa shape index (κ1) is 12.1. The van der Waals surface area contributed by atoms with Crippen molar-refractivity contribution < 1.29 is 0 Å². The minimum Gasteiger partial charge on any atom is -0.316 e. The van der Waals surface area contributed by atoms with Crippen LogP contribution in [-0.4, -0.2) is 13.1 Å². The fraction of sp³-hybridized carbons (Fsp3) is 0.571. The lowest BCUT2D eigenvalue weighted by atomic mass is 9.90. The standard InChI is InChI=1S/C14H20BrN/c1-2-12-9-14(15)6-5-13(12)8-11-4-3-7-16-10-11/h5-6,9,11,16H,2-4,7-8,10H2,1H3. The Labute approximate surface area is 107 Å². The maximum atomic E-state index is 3.55. The minimum atomic E-state index is 0.834. The van der Waals surface area contributed by atoms with Crippen molar-refractivity contribution in [2.24, 2.45) is 5.92 Å². The fourth-order valence-electron chi connectivity index (χ4n) is 2.53. The molecule has 0 aromatic heterocycles. The number of nitrogens with one attached hydrogen (secondary N) is 1. The molecule has 1 heterocycles. The Kier molecular flexibility index (Phi) is 4.42. The highest BCUT2D eigenvalue weighted by Crippen LogP contribution is 2.22. The van der Waals surface area contributed by atoms with Crippen LogP contribution in [0.2, 0.25) is 0 Å². The van der Waals surface area contributed by atoms with Gasteiger partial charge in [0, 0.05) is 4.47 Å². The van der Waals surface area contributed by atoms with Crippen molar-refractivity contribution in [3.63, 3.8) is 0 Å². The van der Waals surface area contributed by atoms with Gasteiger partial charge in [-0.15, -0.1) is 0 Å². The van der Waals surface area contributed by atoms with E-state index < -0.39 is 0 Å². The monoisotopic (exact) mass is 281 g/mol. The van der Waals surface area contributed by atoms with E-state index in [-0.39, 0.29) is 0 Å². The van der Waals surface area contributed by atoms with Crippen LogP contribution < -0.4 is 5.32 Å². The molecule has 88 valence electrons. The summed E-state index contributed by atoms with van der Waals surface area (Å²) >= 11 is 3.55. The second-order valence-corrected chi connectivity index (χ2v) is 5.60.